The predicted molar refractivity (Wildman–Crippen MR) is 73.9 cm³/mol. The number of hydrogen-bond acceptors (Lipinski definition) is 3. The van der Waals surface area contributed by atoms with Crippen LogP contribution in [0.1, 0.15) is 44.8 Å². The van der Waals surface area contributed by atoms with Gasteiger partial charge in [0.25, 0.3) is 0 Å². The molecule has 0 radical (unpaired) electrons. The third-order valence-electron chi connectivity index (χ3n) is 2.67. The van der Waals surface area contributed by atoms with E-state index < -0.39 is 6.10 Å². The minimum Gasteiger partial charge on any atom is -0.496 e. The van der Waals surface area contributed by atoms with Gasteiger partial charge in [-0.1, -0.05) is 25.8 Å². The highest BCUT2D eigenvalue weighted by Gasteiger charge is 2.13. The Bertz CT molecular complexity index is 337. The van der Waals surface area contributed by atoms with Crippen molar-refractivity contribution in [2.24, 2.45) is 0 Å². The Morgan fingerprint density at radius 2 is 2.12 bits per heavy atom. The van der Waals surface area contributed by atoms with E-state index in [0.717, 1.165) is 22.0 Å². The Hall–Kier alpha value is -0.670. The van der Waals surface area contributed by atoms with Crippen molar-refractivity contribution in [1.82, 2.24) is 0 Å². The monoisotopic (exact) mass is 254 g/mol. The van der Waals surface area contributed by atoms with Gasteiger partial charge in [0.15, 0.2) is 0 Å². The predicted octanol–water partition coefficient (Wildman–Crippen LogP) is 4.03. The number of thioether (sulfide) groups is 1. The van der Waals surface area contributed by atoms with Crippen LogP contribution in [0.25, 0.3) is 0 Å². The molecular weight excluding hydrogens is 232 g/mol. The standard InChI is InChI=1S/C14H22O2S/c1-4-5-6-10-17-13-9-7-8-12(16-3)14(13)11(2)15/h7-9,11,15H,4-6,10H2,1-3H3/t11-/m1/s1. The summed E-state index contributed by atoms with van der Waals surface area (Å²) in [5.41, 5.74) is 0.913. The first-order chi connectivity index (χ1) is 8.20. The van der Waals surface area contributed by atoms with Crippen LogP contribution in [0.2, 0.25) is 0 Å². The summed E-state index contributed by atoms with van der Waals surface area (Å²) in [6, 6.07) is 5.94. The Kier molecular flexibility index (Phi) is 6.45. The van der Waals surface area contributed by atoms with Crippen LogP contribution in [0.5, 0.6) is 5.75 Å². The molecule has 0 heterocycles. The van der Waals surface area contributed by atoms with E-state index in [9.17, 15) is 5.11 Å². The quantitative estimate of drug-likeness (QED) is 0.588. The first-order valence-corrected chi connectivity index (χ1v) is 7.17. The van der Waals surface area contributed by atoms with Gasteiger partial charge in [-0.25, -0.2) is 0 Å². The number of methoxy groups -OCH3 is 1. The van der Waals surface area contributed by atoms with Crippen molar-refractivity contribution in [2.75, 3.05) is 12.9 Å². The molecular formula is C14H22O2S. The van der Waals surface area contributed by atoms with Gasteiger partial charge in [-0.15, -0.1) is 11.8 Å². The normalized spacial score (nSPS) is 12.5. The molecule has 1 atom stereocenters. The molecule has 0 spiro atoms. The minimum atomic E-state index is -0.486. The van der Waals surface area contributed by atoms with E-state index in [4.69, 9.17) is 4.74 Å². The number of rotatable bonds is 7. The molecule has 1 aromatic rings. The Balaban J connectivity index is 2.76. The lowest BCUT2D eigenvalue weighted by atomic mass is 10.1. The van der Waals surface area contributed by atoms with Crippen LogP contribution >= 0.6 is 11.8 Å². The fourth-order valence-electron chi connectivity index (χ4n) is 1.77. The van der Waals surface area contributed by atoms with Gasteiger partial charge in [-0.2, -0.15) is 0 Å². The smallest absolute Gasteiger partial charge is 0.125 e. The molecule has 1 aromatic carbocycles. The number of unbranched alkanes of at least 4 members (excludes halogenated alkanes) is 2. The third kappa shape index (κ3) is 4.25. The first kappa shape index (κ1) is 14.4. The molecule has 96 valence electrons. The van der Waals surface area contributed by atoms with Gasteiger partial charge in [0.05, 0.1) is 13.2 Å². The molecule has 1 rings (SSSR count). The highest BCUT2D eigenvalue weighted by molar-refractivity contribution is 7.99. The van der Waals surface area contributed by atoms with E-state index in [1.54, 1.807) is 25.8 Å². The maximum atomic E-state index is 9.83. The molecule has 1 N–H and O–H groups in total. The fourth-order valence-corrected chi connectivity index (χ4v) is 2.94. The number of aliphatic hydroxyl groups excluding tert-OH is 1. The number of ether oxygens (including phenoxy) is 1. The van der Waals surface area contributed by atoms with Crippen LogP contribution in [0.3, 0.4) is 0 Å². The molecule has 17 heavy (non-hydrogen) atoms. The molecule has 0 saturated heterocycles. The summed E-state index contributed by atoms with van der Waals surface area (Å²) in [4.78, 5) is 1.13. The van der Waals surface area contributed by atoms with Crippen LogP contribution in [-0.2, 0) is 0 Å². The fraction of sp³-hybridized carbons (Fsp3) is 0.571. The van der Waals surface area contributed by atoms with Crippen LogP contribution in [-0.4, -0.2) is 18.0 Å². The second-order valence-electron chi connectivity index (χ2n) is 4.10. The zero-order chi connectivity index (χ0) is 12.7. The van der Waals surface area contributed by atoms with E-state index >= 15 is 0 Å². The van der Waals surface area contributed by atoms with E-state index in [1.807, 2.05) is 12.1 Å². The lowest BCUT2D eigenvalue weighted by Gasteiger charge is -2.15. The summed E-state index contributed by atoms with van der Waals surface area (Å²) >= 11 is 1.80. The summed E-state index contributed by atoms with van der Waals surface area (Å²) in [5.74, 6) is 1.88. The van der Waals surface area contributed by atoms with Crippen molar-refractivity contribution in [3.05, 3.63) is 23.8 Å². The van der Waals surface area contributed by atoms with E-state index in [1.165, 1.54) is 19.3 Å². The van der Waals surface area contributed by atoms with Crippen LogP contribution in [0.4, 0.5) is 0 Å². The second kappa shape index (κ2) is 7.62. The Labute approximate surface area is 108 Å². The lowest BCUT2D eigenvalue weighted by Crippen LogP contribution is -1.99. The average Bonchev–Trinajstić information content (AvgIpc) is 2.33. The minimum absolute atomic E-state index is 0.486. The number of benzene rings is 1. The molecule has 0 aliphatic rings. The molecule has 0 unspecified atom stereocenters. The van der Waals surface area contributed by atoms with Crippen molar-refractivity contribution < 1.29 is 9.84 Å². The average molecular weight is 254 g/mol. The molecule has 0 aliphatic carbocycles. The number of hydrogen-bond donors (Lipinski definition) is 1. The number of aliphatic hydroxyl groups is 1. The van der Waals surface area contributed by atoms with Crippen molar-refractivity contribution >= 4 is 11.8 Å². The largest absolute Gasteiger partial charge is 0.496 e. The Morgan fingerprint density at radius 3 is 2.71 bits per heavy atom. The first-order valence-electron chi connectivity index (χ1n) is 6.18. The van der Waals surface area contributed by atoms with Gasteiger partial charge in [0.1, 0.15) is 5.75 Å². The summed E-state index contributed by atoms with van der Waals surface area (Å²) < 4.78 is 5.30. The van der Waals surface area contributed by atoms with Gasteiger partial charge >= 0.3 is 0 Å². The summed E-state index contributed by atoms with van der Waals surface area (Å²) in [6.07, 6.45) is 3.24. The van der Waals surface area contributed by atoms with Crippen LogP contribution in [0, 0.1) is 0 Å². The highest BCUT2D eigenvalue weighted by atomic mass is 32.2. The Morgan fingerprint density at radius 1 is 1.35 bits per heavy atom. The van der Waals surface area contributed by atoms with Crippen molar-refractivity contribution in [3.63, 3.8) is 0 Å². The summed E-state index contributed by atoms with van der Waals surface area (Å²) in [5, 5.41) is 9.83. The van der Waals surface area contributed by atoms with E-state index in [-0.39, 0.29) is 0 Å². The van der Waals surface area contributed by atoms with Gasteiger partial charge in [-0.05, 0) is 31.2 Å². The maximum Gasteiger partial charge on any atom is 0.125 e. The molecule has 0 saturated carbocycles. The SMILES string of the molecule is CCCCCSc1cccc(OC)c1[C@@H](C)O. The van der Waals surface area contributed by atoms with E-state index in [0.29, 0.717) is 0 Å². The zero-order valence-electron chi connectivity index (χ0n) is 10.9. The molecule has 0 bridgehead atoms. The van der Waals surface area contributed by atoms with Gasteiger partial charge < -0.3 is 9.84 Å². The molecule has 0 amide bonds. The third-order valence-corrected chi connectivity index (χ3v) is 3.83. The molecule has 0 aliphatic heterocycles. The van der Waals surface area contributed by atoms with Crippen LogP contribution < -0.4 is 4.74 Å². The molecule has 0 fully saturated rings. The lowest BCUT2D eigenvalue weighted by molar-refractivity contribution is 0.191. The second-order valence-corrected chi connectivity index (χ2v) is 5.24. The zero-order valence-corrected chi connectivity index (χ0v) is 11.7. The molecule has 3 heteroatoms. The van der Waals surface area contributed by atoms with Gasteiger partial charge in [0, 0.05) is 10.5 Å². The molecule has 2 nitrogen and oxygen atoms in total. The van der Waals surface area contributed by atoms with Crippen LogP contribution in [0.15, 0.2) is 23.1 Å². The summed E-state index contributed by atoms with van der Waals surface area (Å²) in [7, 11) is 1.65. The van der Waals surface area contributed by atoms with Crippen molar-refractivity contribution in [1.29, 1.82) is 0 Å². The van der Waals surface area contributed by atoms with Gasteiger partial charge in [-0.3, -0.25) is 0 Å². The highest BCUT2D eigenvalue weighted by Crippen LogP contribution is 2.35. The molecule has 0 aromatic heterocycles. The van der Waals surface area contributed by atoms with Crippen molar-refractivity contribution in [2.45, 2.75) is 44.1 Å². The van der Waals surface area contributed by atoms with E-state index in [2.05, 4.69) is 13.0 Å². The van der Waals surface area contributed by atoms with Gasteiger partial charge in [0.2, 0.25) is 0 Å². The summed E-state index contributed by atoms with van der Waals surface area (Å²) in [6.45, 7) is 3.99. The topological polar surface area (TPSA) is 29.5 Å². The maximum absolute atomic E-state index is 9.83. The van der Waals surface area contributed by atoms with Crippen molar-refractivity contribution in [3.8, 4) is 5.75 Å².